The maximum absolute atomic E-state index is 3.72. The minimum absolute atomic E-state index is 0.494. The molecular formula is C10H17N2. The topological polar surface area (TPSA) is 24.1 Å². The van der Waals surface area contributed by atoms with Crippen molar-refractivity contribution in [3.63, 3.8) is 0 Å². The largest absolute Gasteiger partial charge is 0.314 e. The molecule has 2 nitrogen and oxygen atoms in total. The van der Waals surface area contributed by atoms with E-state index in [-0.39, 0.29) is 0 Å². The van der Waals surface area contributed by atoms with Crippen LogP contribution < -0.4 is 10.6 Å². The van der Waals surface area contributed by atoms with E-state index >= 15 is 0 Å². The zero-order valence-corrected chi connectivity index (χ0v) is 7.42. The summed E-state index contributed by atoms with van der Waals surface area (Å²) >= 11 is 0. The SMILES string of the molecule is [CH2]CC=CC=CC1CNCCN1. The number of piperazine rings is 1. The third kappa shape index (κ3) is 3.69. The third-order valence-corrected chi connectivity index (χ3v) is 1.83. The van der Waals surface area contributed by atoms with Crippen molar-refractivity contribution in [2.45, 2.75) is 12.5 Å². The fourth-order valence-electron chi connectivity index (χ4n) is 1.18. The van der Waals surface area contributed by atoms with Crippen molar-refractivity contribution in [2.24, 2.45) is 0 Å². The lowest BCUT2D eigenvalue weighted by Gasteiger charge is -2.21. The first-order chi connectivity index (χ1) is 5.93. The summed E-state index contributed by atoms with van der Waals surface area (Å²) in [5.74, 6) is 0. The summed E-state index contributed by atoms with van der Waals surface area (Å²) in [4.78, 5) is 0. The van der Waals surface area contributed by atoms with E-state index in [1.807, 2.05) is 12.2 Å². The van der Waals surface area contributed by atoms with E-state index in [0.717, 1.165) is 26.1 Å². The zero-order valence-electron chi connectivity index (χ0n) is 7.42. The number of allylic oxidation sites excluding steroid dienone is 3. The van der Waals surface area contributed by atoms with Crippen LogP contribution in [-0.4, -0.2) is 25.7 Å². The number of nitrogens with one attached hydrogen (secondary N) is 2. The van der Waals surface area contributed by atoms with Gasteiger partial charge in [0.15, 0.2) is 0 Å². The van der Waals surface area contributed by atoms with Crippen LogP contribution in [0.5, 0.6) is 0 Å². The maximum atomic E-state index is 3.72. The van der Waals surface area contributed by atoms with Crippen LogP contribution >= 0.6 is 0 Å². The molecule has 1 aliphatic rings. The number of rotatable bonds is 3. The Bertz CT molecular complexity index is 155. The van der Waals surface area contributed by atoms with E-state index in [9.17, 15) is 0 Å². The van der Waals surface area contributed by atoms with Crippen molar-refractivity contribution in [1.82, 2.24) is 10.6 Å². The molecule has 1 saturated heterocycles. The van der Waals surface area contributed by atoms with Gasteiger partial charge in [-0.15, -0.1) is 0 Å². The van der Waals surface area contributed by atoms with E-state index < -0.39 is 0 Å². The van der Waals surface area contributed by atoms with Crippen molar-refractivity contribution in [1.29, 1.82) is 0 Å². The monoisotopic (exact) mass is 165 g/mol. The van der Waals surface area contributed by atoms with Gasteiger partial charge in [-0.2, -0.15) is 0 Å². The standard InChI is InChI=1S/C10H17N2/c1-2-3-4-5-6-10-9-11-7-8-12-10/h3-6,10-12H,1-2,7-9H2. The molecule has 1 rings (SSSR count). The maximum Gasteiger partial charge on any atom is 0.0379 e. The summed E-state index contributed by atoms with van der Waals surface area (Å²) in [6.07, 6.45) is 9.21. The van der Waals surface area contributed by atoms with E-state index in [1.54, 1.807) is 0 Å². The Balaban J connectivity index is 2.19. The first-order valence-corrected chi connectivity index (χ1v) is 4.50. The van der Waals surface area contributed by atoms with Crippen LogP contribution in [0, 0.1) is 6.92 Å². The second-order valence-electron chi connectivity index (χ2n) is 2.87. The molecule has 1 atom stereocenters. The lowest BCUT2D eigenvalue weighted by molar-refractivity contribution is 0.471. The minimum Gasteiger partial charge on any atom is -0.314 e. The number of hydrogen-bond donors (Lipinski definition) is 2. The summed E-state index contributed by atoms with van der Waals surface area (Å²) in [6, 6.07) is 0.494. The highest BCUT2D eigenvalue weighted by molar-refractivity contribution is 5.07. The molecule has 0 spiro atoms. The molecule has 1 unspecified atom stereocenters. The van der Waals surface area contributed by atoms with Crippen LogP contribution in [0.2, 0.25) is 0 Å². The second-order valence-corrected chi connectivity index (χ2v) is 2.87. The van der Waals surface area contributed by atoms with Gasteiger partial charge >= 0.3 is 0 Å². The lowest BCUT2D eigenvalue weighted by atomic mass is 10.2. The van der Waals surface area contributed by atoms with Crippen molar-refractivity contribution in [3.8, 4) is 0 Å². The minimum atomic E-state index is 0.494. The molecule has 12 heavy (non-hydrogen) atoms. The van der Waals surface area contributed by atoms with Crippen LogP contribution in [0.1, 0.15) is 6.42 Å². The molecule has 0 saturated carbocycles. The predicted molar refractivity (Wildman–Crippen MR) is 52.9 cm³/mol. The molecule has 2 N–H and O–H groups in total. The van der Waals surface area contributed by atoms with Crippen LogP contribution in [0.3, 0.4) is 0 Å². The molecule has 1 fully saturated rings. The van der Waals surface area contributed by atoms with Gasteiger partial charge in [0.1, 0.15) is 0 Å². The normalized spacial score (nSPS) is 25.6. The Morgan fingerprint density at radius 1 is 1.33 bits per heavy atom. The molecule has 0 amide bonds. The molecule has 0 bridgehead atoms. The predicted octanol–water partition coefficient (Wildman–Crippen LogP) is 0.884. The molecule has 0 aromatic rings. The number of hydrogen-bond acceptors (Lipinski definition) is 2. The summed E-state index contributed by atoms with van der Waals surface area (Å²) in [5, 5.41) is 6.72. The van der Waals surface area contributed by atoms with Gasteiger partial charge in [-0.3, -0.25) is 0 Å². The van der Waals surface area contributed by atoms with E-state index in [0.29, 0.717) is 6.04 Å². The molecule has 1 radical (unpaired) electrons. The Hall–Kier alpha value is -0.600. The third-order valence-electron chi connectivity index (χ3n) is 1.83. The Morgan fingerprint density at radius 2 is 2.25 bits per heavy atom. The molecule has 1 aliphatic heterocycles. The van der Waals surface area contributed by atoms with Crippen LogP contribution in [0.15, 0.2) is 24.3 Å². The van der Waals surface area contributed by atoms with Crippen LogP contribution in [0.25, 0.3) is 0 Å². The van der Waals surface area contributed by atoms with E-state index in [4.69, 9.17) is 0 Å². The lowest BCUT2D eigenvalue weighted by Crippen LogP contribution is -2.47. The van der Waals surface area contributed by atoms with Crippen molar-refractivity contribution in [3.05, 3.63) is 31.2 Å². The summed E-state index contributed by atoms with van der Waals surface area (Å²) in [7, 11) is 0. The first kappa shape index (κ1) is 9.49. The van der Waals surface area contributed by atoms with Gasteiger partial charge in [0.05, 0.1) is 0 Å². The highest BCUT2D eigenvalue weighted by Gasteiger charge is 2.06. The summed E-state index contributed by atoms with van der Waals surface area (Å²) in [6.45, 7) is 6.90. The van der Waals surface area contributed by atoms with Crippen LogP contribution in [-0.2, 0) is 0 Å². The van der Waals surface area contributed by atoms with Gasteiger partial charge in [-0.05, 0) is 13.3 Å². The highest BCUT2D eigenvalue weighted by atomic mass is 15.0. The summed E-state index contributed by atoms with van der Waals surface area (Å²) in [5.41, 5.74) is 0. The molecule has 2 heteroatoms. The molecule has 0 aromatic heterocycles. The average Bonchev–Trinajstić information content (AvgIpc) is 2.14. The van der Waals surface area contributed by atoms with Crippen molar-refractivity contribution >= 4 is 0 Å². The fraction of sp³-hybridized carbons (Fsp3) is 0.500. The quantitative estimate of drug-likeness (QED) is 0.607. The van der Waals surface area contributed by atoms with Crippen LogP contribution in [0.4, 0.5) is 0 Å². The Morgan fingerprint density at radius 3 is 2.92 bits per heavy atom. The second kappa shape index (κ2) is 5.98. The van der Waals surface area contributed by atoms with Gasteiger partial charge in [-0.1, -0.05) is 24.3 Å². The molecule has 1 heterocycles. The zero-order chi connectivity index (χ0) is 8.65. The summed E-state index contributed by atoms with van der Waals surface area (Å²) < 4.78 is 0. The van der Waals surface area contributed by atoms with Gasteiger partial charge in [0.2, 0.25) is 0 Å². The molecule has 0 aliphatic carbocycles. The Labute approximate surface area is 74.7 Å². The average molecular weight is 165 g/mol. The molecular weight excluding hydrogens is 148 g/mol. The fourth-order valence-corrected chi connectivity index (χ4v) is 1.18. The van der Waals surface area contributed by atoms with E-state index in [1.165, 1.54) is 0 Å². The molecule has 67 valence electrons. The molecule has 0 aromatic carbocycles. The first-order valence-electron chi connectivity index (χ1n) is 4.50. The van der Waals surface area contributed by atoms with Gasteiger partial charge in [-0.25, -0.2) is 0 Å². The van der Waals surface area contributed by atoms with Crippen molar-refractivity contribution in [2.75, 3.05) is 19.6 Å². The van der Waals surface area contributed by atoms with Gasteiger partial charge < -0.3 is 10.6 Å². The highest BCUT2D eigenvalue weighted by Crippen LogP contribution is 1.90. The van der Waals surface area contributed by atoms with Crippen molar-refractivity contribution < 1.29 is 0 Å². The van der Waals surface area contributed by atoms with Gasteiger partial charge in [0, 0.05) is 25.7 Å². The van der Waals surface area contributed by atoms with E-state index in [2.05, 4.69) is 29.7 Å². The van der Waals surface area contributed by atoms with Gasteiger partial charge in [0.25, 0.3) is 0 Å². The Kier molecular flexibility index (Phi) is 4.73. The smallest absolute Gasteiger partial charge is 0.0379 e.